The van der Waals surface area contributed by atoms with Gasteiger partial charge >= 0.3 is 0 Å². The highest BCUT2D eigenvalue weighted by Gasteiger charge is 2.23. The number of amides is 1. The smallest absolute Gasteiger partial charge is 0.255 e. The second-order valence-electron chi connectivity index (χ2n) is 6.04. The molecule has 0 aromatic heterocycles. The van der Waals surface area contributed by atoms with Gasteiger partial charge in [-0.2, -0.15) is 0 Å². The number of methoxy groups -OCH3 is 1. The number of hydrogen-bond acceptors (Lipinski definition) is 3. The van der Waals surface area contributed by atoms with Gasteiger partial charge in [0.25, 0.3) is 5.91 Å². The van der Waals surface area contributed by atoms with Crippen LogP contribution in [-0.4, -0.2) is 49.0 Å². The predicted molar refractivity (Wildman–Crippen MR) is 98.3 cm³/mol. The van der Waals surface area contributed by atoms with E-state index in [1.807, 2.05) is 12.1 Å². The zero-order valence-electron chi connectivity index (χ0n) is 14.0. The number of piperazine rings is 1. The summed E-state index contributed by atoms with van der Waals surface area (Å²) in [6.45, 7) is 3.71. The van der Waals surface area contributed by atoms with E-state index in [0.29, 0.717) is 23.1 Å². The van der Waals surface area contributed by atoms with E-state index in [-0.39, 0.29) is 5.91 Å². The summed E-state index contributed by atoms with van der Waals surface area (Å²) in [7, 11) is 1.65. The summed E-state index contributed by atoms with van der Waals surface area (Å²) in [5, 5.41) is 0. The highest BCUT2D eigenvalue weighted by atomic mass is 79.9. The van der Waals surface area contributed by atoms with Gasteiger partial charge < -0.3 is 9.64 Å². The zero-order valence-corrected chi connectivity index (χ0v) is 15.6. The Bertz CT molecular complexity index is 744. The first-order valence-corrected chi connectivity index (χ1v) is 8.96. The van der Waals surface area contributed by atoms with E-state index >= 15 is 0 Å². The second-order valence-corrected chi connectivity index (χ2v) is 6.89. The van der Waals surface area contributed by atoms with E-state index in [1.54, 1.807) is 18.1 Å². The number of hydrogen-bond donors (Lipinski definition) is 0. The normalized spacial score (nSPS) is 15.2. The standard InChI is InChI=1S/C19H20BrFN2O2/c1-25-16-5-2-14(3-6-16)13-22-8-10-23(11-9-22)19(24)17-12-15(21)4-7-18(17)20/h2-7,12H,8-11,13H2,1H3. The lowest BCUT2D eigenvalue weighted by Crippen LogP contribution is -2.48. The topological polar surface area (TPSA) is 32.8 Å². The number of carbonyl (C=O) groups is 1. The molecule has 0 bridgehead atoms. The molecule has 3 rings (SSSR count). The van der Waals surface area contributed by atoms with Crippen LogP contribution in [0.1, 0.15) is 15.9 Å². The lowest BCUT2D eigenvalue weighted by molar-refractivity contribution is 0.0627. The minimum absolute atomic E-state index is 0.129. The van der Waals surface area contributed by atoms with Crippen LogP contribution in [0.5, 0.6) is 5.75 Å². The molecule has 6 heteroatoms. The molecule has 0 radical (unpaired) electrons. The number of benzene rings is 2. The van der Waals surface area contributed by atoms with Crippen molar-refractivity contribution in [3.8, 4) is 5.75 Å². The molecule has 0 spiro atoms. The Balaban J connectivity index is 1.57. The number of rotatable bonds is 4. The minimum atomic E-state index is -0.398. The third-order valence-corrected chi connectivity index (χ3v) is 5.08. The van der Waals surface area contributed by atoms with Crippen molar-refractivity contribution in [3.63, 3.8) is 0 Å². The van der Waals surface area contributed by atoms with Gasteiger partial charge in [-0.1, -0.05) is 12.1 Å². The minimum Gasteiger partial charge on any atom is -0.497 e. The average Bonchev–Trinajstić information content (AvgIpc) is 2.64. The molecule has 0 aliphatic carbocycles. The highest BCUT2D eigenvalue weighted by molar-refractivity contribution is 9.10. The summed E-state index contributed by atoms with van der Waals surface area (Å²) in [5.74, 6) is 0.319. The number of nitrogens with zero attached hydrogens (tertiary/aromatic N) is 2. The van der Waals surface area contributed by atoms with Gasteiger partial charge in [-0.25, -0.2) is 4.39 Å². The van der Waals surface area contributed by atoms with Crippen LogP contribution in [0.3, 0.4) is 0 Å². The Labute approximate surface area is 155 Å². The molecule has 2 aromatic carbocycles. The largest absolute Gasteiger partial charge is 0.497 e. The van der Waals surface area contributed by atoms with Gasteiger partial charge in [0.15, 0.2) is 0 Å². The van der Waals surface area contributed by atoms with Crippen molar-refractivity contribution in [1.82, 2.24) is 9.80 Å². The van der Waals surface area contributed by atoms with Crippen molar-refractivity contribution < 1.29 is 13.9 Å². The van der Waals surface area contributed by atoms with Crippen LogP contribution in [0, 0.1) is 5.82 Å². The van der Waals surface area contributed by atoms with E-state index in [4.69, 9.17) is 4.74 Å². The molecule has 25 heavy (non-hydrogen) atoms. The molecule has 132 valence electrons. The van der Waals surface area contributed by atoms with E-state index in [2.05, 4.69) is 33.0 Å². The van der Waals surface area contributed by atoms with Crippen LogP contribution in [0.15, 0.2) is 46.9 Å². The predicted octanol–water partition coefficient (Wildman–Crippen LogP) is 3.55. The molecule has 4 nitrogen and oxygen atoms in total. The molecule has 0 atom stereocenters. The van der Waals surface area contributed by atoms with Gasteiger partial charge in [0, 0.05) is 37.2 Å². The fourth-order valence-electron chi connectivity index (χ4n) is 2.93. The number of halogens is 2. The molecular formula is C19H20BrFN2O2. The first-order valence-electron chi connectivity index (χ1n) is 8.16. The third-order valence-electron chi connectivity index (χ3n) is 4.38. The molecule has 0 saturated carbocycles. The molecule has 1 fully saturated rings. The molecule has 1 saturated heterocycles. The molecule has 1 heterocycles. The van der Waals surface area contributed by atoms with Gasteiger partial charge in [0.05, 0.1) is 12.7 Å². The Hall–Kier alpha value is -1.92. The average molecular weight is 407 g/mol. The maximum atomic E-state index is 13.4. The van der Waals surface area contributed by atoms with E-state index in [1.165, 1.54) is 17.7 Å². The molecule has 0 unspecified atom stereocenters. The Morgan fingerprint density at radius 3 is 2.44 bits per heavy atom. The monoisotopic (exact) mass is 406 g/mol. The number of ether oxygens (including phenoxy) is 1. The Morgan fingerprint density at radius 2 is 1.80 bits per heavy atom. The van der Waals surface area contributed by atoms with Crippen molar-refractivity contribution in [2.45, 2.75) is 6.54 Å². The van der Waals surface area contributed by atoms with Gasteiger partial charge in [0.1, 0.15) is 11.6 Å². The molecule has 2 aromatic rings. The lowest BCUT2D eigenvalue weighted by atomic mass is 10.1. The van der Waals surface area contributed by atoms with Crippen LogP contribution in [0.2, 0.25) is 0 Å². The van der Waals surface area contributed by atoms with Crippen LogP contribution in [0.25, 0.3) is 0 Å². The van der Waals surface area contributed by atoms with Crippen molar-refractivity contribution in [2.75, 3.05) is 33.3 Å². The van der Waals surface area contributed by atoms with Crippen LogP contribution in [-0.2, 0) is 6.54 Å². The molecule has 1 aliphatic heterocycles. The zero-order chi connectivity index (χ0) is 17.8. The quantitative estimate of drug-likeness (QED) is 0.777. The summed E-state index contributed by atoms with van der Waals surface area (Å²) in [6, 6.07) is 12.2. The van der Waals surface area contributed by atoms with Gasteiger partial charge in [-0.3, -0.25) is 9.69 Å². The van der Waals surface area contributed by atoms with Crippen molar-refractivity contribution in [2.24, 2.45) is 0 Å². The summed E-state index contributed by atoms with van der Waals surface area (Å²) >= 11 is 3.33. The first kappa shape index (κ1) is 17.9. The van der Waals surface area contributed by atoms with Crippen LogP contribution >= 0.6 is 15.9 Å². The van der Waals surface area contributed by atoms with Gasteiger partial charge in [-0.05, 0) is 51.8 Å². The number of carbonyl (C=O) groups excluding carboxylic acids is 1. The molecular weight excluding hydrogens is 387 g/mol. The molecule has 1 aliphatic rings. The van der Waals surface area contributed by atoms with Crippen molar-refractivity contribution in [3.05, 3.63) is 63.9 Å². The summed E-state index contributed by atoms with van der Waals surface area (Å²) in [4.78, 5) is 16.7. The first-order chi connectivity index (χ1) is 12.1. The SMILES string of the molecule is COc1ccc(CN2CCN(C(=O)c3cc(F)ccc3Br)CC2)cc1. The maximum absolute atomic E-state index is 13.4. The molecule has 1 amide bonds. The highest BCUT2D eigenvalue weighted by Crippen LogP contribution is 2.21. The summed E-state index contributed by atoms with van der Waals surface area (Å²) in [6.07, 6.45) is 0. The summed E-state index contributed by atoms with van der Waals surface area (Å²) in [5.41, 5.74) is 1.59. The summed E-state index contributed by atoms with van der Waals surface area (Å²) < 4.78 is 19.2. The third kappa shape index (κ3) is 4.38. The van der Waals surface area contributed by atoms with Crippen molar-refractivity contribution >= 4 is 21.8 Å². The molecule has 0 N–H and O–H groups in total. The Kier molecular flexibility index (Phi) is 5.71. The lowest BCUT2D eigenvalue weighted by Gasteiger charge is -2.35. The van der Waals surface area contributed by atoms with Crippen LogP contribution < -0.4 is 4.74 Å². The maximum Gasteiger partial charge on any atom is 0.255 e. The van der Waals surface area contributed by atoms with E-state index in [0.717, 1.165) is 25.4 Å². The van der Waals surface area contributed by atoms with Gasteiger partial charge in [-0.15, -0.1) is 0 Å². The Morgan fingerprint density at radius 1 is 1.12 bits per heavy atom. The fraction of sp³-hybridized carbons (Fsp3) is 0.316. The van der Waals surface area contributed by atoms with Crippen LogP contribution in [0.4, 0.5) is 4.39 Å². The van der Waals surface area contributed by atoms with Gasteiger partial charge in [0.2, 0.25) is 0 Å². The second kappa shape index (κ2) is 7.97. The fourth-order valence-corrected chi connectivity index (χ4v) is 3.35. The van der Waals surface area contributed by atoms with Crippen molar-refractivity contribution in [1.29, 1.82) is 0 Å². The van der Waals surface area contributed by atoms with E-state index < -0.39 is 5.82 Å². The van der Waals surface area contributed by atoms with E-state index in [9.17, 15) is 9.18 Å².